The molecule has 1 aliphatic rings. The van der Waals surface area contributed by atoms with E-state index in [1.807, 2.05) is 24.0 Å². The van der Waals surface area contributed by atoms with Crippen LogP contribution < -0.4 is 5.32 Å². The number of carbonyl (C=O) groups excluding carboxylic acids is 2. The first kappa shape index (κ1) is 17.4. The molecule has 0 bridgehead atoms. The zero-order valence-corrected chi connectivity index (χ0v) is 15.0. The van der Waals surface area contributed by atoms with Gasteiger partial charge >= 0.3 is 6.03 Å². The second-order valence-electron chi connectivity index (χ2n) is 5.94. The Labute approximate surface area is 150 Å². The van der Waals surface area contributed by atoms with Crippen LogP contribution in [0.25, 0.3) is 0 Å². The number of hydrogen-bond acceptors (Lipinski definition) is 5. The van der Waals surface area contributed by atoms with Crippen LogP contribution in [0.5, 0.6) is 0 Å². The molecular weight excluding hydrogens is 340 g/mol. The van der Waals surface area contributed by atoms with Crippen molar-refractivity contribution in [1.82, 2.24) is 30.1 Å². The fourth-order valence-corrected chi connectivity index (χ4v) is 3.55. The number of amides is 3. The van der Waals surface area contributed by atoms with Crippen LogP contribution in [0.1, 0.15) is 21.0 Å². The molecule has 0 unspecified atom stereocenters. The van der Waals surface area contributed by atoms with E-state index < -0.39 is 0 Å². The van der Waals surface area contributed by atoms with Gasteiger partial charge in [0.1, 0.15) is 0 Å². The van der Waals surface area contributed by atoms with Crippen molar-refractivity contribution in [1.29, 1.82) is 0 Å². The van der Waals surface area contributed by atoms with Crippen molar-refractivity contribution >= 4 is 23.3 Å². The second-order valence-corrected chi connectivity index (χ2v) is 7.23. The summed E-state index contributed by atoms with van der Waals surface area (Å²) in [4.78, 5) is 30.1. The molecule has 0 saturated carbocycles. The summed E-state index contributed by atoms with van der Waals surface area (Å²) < 4.78 is 1.74. The molecule has 2 aromatic rings. The quantitative estimate of drug-likeness (QED) is 0.811. The summed E-state index contributed by atoms with van der Waals surface area (Å²) in [7, 11) is 0. The van der Waals surface area contributed by atoms with E-state index in [2.05, 4.69) is 15.6 Å². The summed E-state index contributed by atoms with van der Waals surface area (Å²) in [5, 5.41) is 10.5. The Morgan fingerprint density at radius 2 is 1.96 bits per heavy atom. The molecule has 0 aliphatic carbocycles. The lowest BCUT2D eigenvalue weighted by Crippen LogP contribution is -2.53. The minimum Gasteiger partial charge on any atom is -0.338 e. The molecule has 3 rings (SSSR count). The summed E-state index contributed by atoms with van der Waals surface area (Å²) in [5.74, 6) is 0.0611. The van der Waals surface area contributed by atoms with E-state index in [1.54, 1.807) is 22.0 Å². The third kappa shape index (κ3) is 4.56. The lowest BCUT2D eigenvalue weighted by molar-refractivity contribution is 0.0670. The molecule has 3 heterocycles. The van der Waals surface area contributed by atoms with Gasteiger partial charge < -0.3 is 15.1 Å². The molecule has 2 aromatic heterocycles. The Hall–Kier alpha value is -2.42. The number of carbonyl (C=O) groups is 2. The van der Waals surface area contributed by atoms with E-state index in [4.69, 9.17) is 0 Å². The average molecular weight is 362 g/mol. The van der Waals surface area contributed by atoms with Crippen molar-refractivity contribution in [2.75, 3.05) is 32.7 Å². The number of hydrogen-bond donors (Lipinski definition) is 1. The molecule has 1 N–H and O–H groups in total. The van der Waals surface area contributed by atoms with Crippen molar-refractivity contribution in [2.24, 2.45) is 0 Å². The van der Waals surface area contributed by atoms with Crippen LogP contribution >= 0.6 is 11.3 Å². The summed E-state index contributed by atoms with van der Waals surface area (Å²) in [6.45, 7) is 5.57. The summed E-state index contributed by atoms with van der Waals surface area (Å²) in [6, 6.07) is 3.76. The standard InChI is InChI=1S/C16H22N6O2S/c1-13-3-4-14(25-13)15(23)20-9-11-21(12-10-20)16(24)17-5-2-7-22-8-6-18-19-22/h3-4,6,8H,2,5,7,9-12H2,1H3,(H,17,24). The minimum absolute atomic E-state index is 0.0611. The Kier molecular flexibility index (Phi) is 5.64. The second kappa shape index (κ2) is 8.11. The van der Waals surface area contributed by atoms with Crippen LogP contribution in [-0.4, -0.2) is 69.5 Å². The third-order valence-corrected chi connectivity index (χ3v) is 5.11. The number of thiophene rings is 1. The number of rotatable bonds is 5. The van der Waals surface area contributed by atoms with Crippen molar-refractivity contribution in [3.63, 3.8) is 0 Å². The maximum absolute atomic E-state index is 12.4. The molecule has 8 nitrogen and oxygen atoms in total. The molecule has 0 aromatic carbocycles. The van der Waals surface area contributed by atoms with Gasteiger partial charge in [-0.2, -0.15) is 0 Å². The van der Waals surface area contributed by atoms with E-state index in [9.17, 15) is 9.59 Å². The fourth-order valence-electron chi connectivity index (χ4n) is 2.72. The molecule has 9 heteroatoms. The maximum atomic E-state index is 12.4. The third-order valence-electron chi connectivity index (χ3n) is 4.12. The molecule has 0 spiro atoms. The van der Waals surface area contributed by atoms with Gasteiger partial charge in [0.05, 0.1) is 11.1 Å². The summed E-state index contributed by atoms with van der Waals surface area (Å²) in [6.07, 6.45) is 4.23. The van der Waals surface area contributed by atoms with Crippen molar-refractivity contribution in [3.8, 4) is 0 Å². The molecule has 134 valence electrons. The van der Waals surface area contributed by atoms with Gasteiger partial charge in [-0.15, -0.1) is 16.4 Å². The highest BCUT2D eigenvalue weighted by atomic mass is 32.1. The van der Waals surface area contributed by atoms with E-state index in [-0.39, 0.29) is 11.9 Å². The van der Waals surface area contributed by atoms with Gasteiger partial charge in [0.2, 0.25) is 0 Å². The average Bonchev–Trinajstić information content (AvgIpc) is 3.29. The largest absolute Gasteiger partial charge is 0.338 e. The highest BCUT2D eigenvalue weighted by Crippen LogP contribution is 2.18. The fraction of sp³-hybridized carbons (Fsp3) is 0.500. The van der Waals surface area contributed by atoms with Gasteiger partial charge in [-0.1, -0.05) is 5.21 Å². The highest BCUT2D eigenvalue weighted by molar-refractivity contribution is 7.13. The number of nitrogens with one attached hydrogen (secondary N) is 1. The molecule has 1 saturated heterocycles. The van der Waals surface area contributed by atoms with Crippen molar-refractivity contribution in [2.45, 2.75) is 19.9 Å². The summed E-state index contributed by atoms with van der Waals surface area (Å²) >= 11 is 1.51. The van der Waals surface area contributed by atoms with Gasteiger partial charge in [-0.05, 0) is 25.5 Å². The predicted molar refractivity (Wildman–Crippen MR) is 94.6 cm³/mol. The molecule has 3 amide bonds. The normalized spacial score (nSPS) is 14.6. The van der Waals surface area contributed by atoms with E-state index in [0.717, 1.165) is 22.7 Å². The zero-order valence-electron chi connectivity index (χ0n) is 14.2. The van der Waals surface area contributed by atoms with Crippen LogP contribution in [0.3, 0.4) is 0 Å². The minimum atomic E-state index is -0.0716. The number of aryl methyl sites for hydroxylation is 2. The lowest BCUT2D eigenvalue weighted by Gasteiger charge is -2.34. The van der Waals surface area contributed by atoms with Gasteiger partial charge in [0, 0.05) is 50.3 Å². The lowest BCUT2D eigenvalue weighted by atomic mass is 10.3. The molecule has 1 fully saturated rings. The number of aromatic nitrogens is 3. The van der Waals surface area contributed by atoms with Crippen LogP contribution in [-0.2, 0) is 6.54 Å². The van der Waals surface area contributed by atoms with Crippen LogP contribution in [0.2, 0.25) is 0 Å². The number of piperazine rings is 1. The number of nitrogens with zero attached hydrogens (tertiary/aromatic N) is 5. The molecule has 0 atom stereocenters. The smallest absolute Gasteiger partial charge is 0.317 e. The van der Waals surface area contributed by atoms with Gasteiger partial charge in [0.15, 0.2) is 0 Å². The summed E-state index contributed by atoms with van der Waals surface area (Å²) in [5.41, 5.74) is 0. The first-order valence-corrected chi connectivity index (χ1v) is 9.18. The van der Waals surface area contributed by atoms with Crippen LogP contribution in [0.4, 0.5) is 4.79 Å². The van der Waals surface area contributed by atoms with Gasteiger partial charge in [-0.25, -0.2) is 4.79 Å². The van der Waals surface area contributed by atoms with Crippen molar-refractivity contribution < 1.29 is 9.59 Å². The Bertz CT molecular complexity index is 706. The zero-order chi connectivity index (χ0) is 17.6. The Balaban J connectivity index is 1.38. The topological polar surface area (TPSA) is 83.4 Å². The maximum Gasteiger partial charge on any atom is 0.317 e. The highest BCUT2D eigenvalue weighted by Gasteiger charge is 2.25. The molecular formula is C16H22N6O2S. The van der Waals surface area contributed by atoms with E-state index >= 15 is 0 Å². The van der Waals surface area contributed by atoms with Crippen molar-refractivity contribution in [3.05, 3.63) is 34.3 Å². The van der Waals surface area contributed by atoms with Gasteiger partial charge in [-0.3, -0.25) is 9.48 Å². The van der Waals surface area contributed by atoms with Crippen LogP contribution in [0, 0.1) is 6.92 Å². The first-order valence-electron chi connectivity index (χ1n) is 8.36. The predicted octanol–water partition coefficient (Wildman–Crippen LogP) is 1.21. The number of urea groups is 1. The molecule has 25 heavy (non-hydrogen) atoms. The van der Waals surface area contributed by atoms with E-state index in [0.29, 0.717) is 32.7 Å². The van der Waals surface area contributed by atoms with Crippen LogP contribution in [0.15, 0.2) is 24.5 Å². The van der Waals surface area contributed by atoms with Gasteiger partial charge in [0.25, 0.3) is 5.91 Å². The Morgan fingerprint density at radius 1 is 1.20 bits per heavy atom. The van der Waals surface area contributed by atoms with E-state index in [1.165, 1.54) is 11.3 Å². The molecule has 0 radical (unpaired) electrons. The first-order chi connectivity index (χ1) is 12.1. The molecule has 1 aliphatic heterocycles. The SMILES string of the molecule is Cc1ccc(C(=O)N2CCN(C(=O)NCCCn3ccnn3)CC2)s1. The monoisotopic (exact) mass is 362 g/mol. The Morgan fingerprint density at radius 3 is 2.60 bits per heavy atom.